The molecular formula is C13H24N2O2. The lowest BCUT2D eigenvalue weighted by Gasteiger charge is -2.26. The lowest BCUT2D eigenvalue weighted by atomic mass is 10.0. The summed E-state index contributed by atoms with van der Waals surface area (Å²) in [6, 6.07) is 0.256. The van der Waals surface area contributed by atoms with Gasteiger partial charge in [-0.05, 0) is 31.6 Å². The molecule has 2 rings (SSSR count). The van der Waals surface area contributed by atoms with Gasteiger partial charge in [0, 0.05) is 32.2 Å². The van der Waals surface area contributed by atoms with Crippen molar-refractivity contribution in [2.24, 2.45) is 11.7 Å². The van der Waals surface area contributed by atoms with Gasteiger partial charge in [-0.15, -0.1) is 0 Å². The second kappa shape index (κ2) is 5.83. The van der Waals surface area contributed by atoms with E-state index in [1.807, 2.05) is 4.90 Å². The standard InChI is InChI=1S/C13H24N2O2/c1-10-6-7-15(12(10)9-14)13(16)5-4-11-3-2-8-17-11/h10-12H,2-9,14H2,1H3. The summed E-state index contributed by atoms with van der Waals surface area (Å²) in [7, 11) is 0. The predicted octanol–water partition coefficient (Wildman–Crippen LogP) is 1.14. The minimum atomic E-state index is 0.256. The van der Waals surface area contributed by atoms with Crippen LogP contribution in [0.15, 0.2) is 0 Å². The van der Waals surface area contributed by atoms with Crippen molar-refractivity contribution in [2.45, 2.75) is 51.2 Å². The second-order valence-electron chi connectivity index (χ2n) is 5.33. The largest absolute Gasteiger partial charge is 0.378 e. The van der Waals surface area contributed by atoms with E-state index < -0.39 is 0 Å². The van der Waals surface area contributed by atoms with Gasteiger partial charge >= 0.3 is 0 Å². The topological polar surface area (TPSA) is 55.6 Å². The van der Waals surface area contributed by atoms with Gasteiger partial charge in [0.25, 0.3) is 0 Å². The molecule has 0 saturated carbocycles. The highest BCUT2D eigenvalue weighted by molar-refractivity contribution is 5.77. The number of amides is 1. The summed E-state index contributed by atoms with van der Waals surface area (Å²) in [5.74, 6) is 0.812. The first-order chi connectivity index (χ1) is 8.22. The Morgan fingerprint density at radius 3 is 2.94 bits per heavy atom. The summed E-state index contributed by atoms with van der Waals surface area (Å²) in [4.78, 5) is 14.1. The Hall–Kier alpha value is -0.610. The van der Waals surface area contributed by atoms with Crippen LogP contribution >= 0.6 is 0 Å². The molecule has 2 heterocycles. The van der Waals surface area contributed by atoms with Crippen LogP contribution in [0, 0.1) is 5.92 Å². The third-order valence-corrected chi connectivity index (χ3v) is 4.15. The highest BCUT2D eigenvalue weighted by Gasteiger charge is 2.33. The molecule has 2 aliphatic rings. The smallest absolute Gasteiger partial charge is 0.222 e. The monoisotopic (exact) mass is 240 g/mol. The zero-order chi connectivity index (χ0) is 12.3. The SMILES string of the molecule is CC1CCN(C(=O)CCC2CCCO2)C1CN. The Kier molecular flexibility index (Phi) is 4.40. The molecule has 4 nitrogen and oxygen atoms in total. The highest BCUT2D eigenvalue weighted by Crippen LogP contribution is 2.25. The number of likely N-dealkylation sites (tertiary alicyclic amines) is 1. The van der Waals surface area contributed by atoms with Crippen LogP contribution in [-0.2, 0) is 9.53 Å². The van der Waals surface area contributed by atoms with Crippen molar-refractivity contribution in [3.05, 3.63) is 0 Å². The molecule has 2 N–H and O–H groups in total. The van der Waals surface area contributed by atoms with Crippen molar-refractivity contribution in [2.75, 3.05) is 19.7 Å². The molecular weight excluding hydrogens is 216 g/mol. The van der Waals surface area contributed by atoms with E-state index in [9.17, 15) is 4.79 Å². The Balaban J connectivity index is 1.78. The van der Waals surface area contributed by atoms with Crippen molar-refractivity contribution in [1.29, 1.82) is 0 Å². The lowest BCUT2D eigenvalue weighted by molar-refractivity contribution is -0.132. The van der Waals surface area contributed by atoms with E-state index in [1.54, 1.807) is 0 Å². The molecule has 0 aromatic rings. The summed E-state index contributed by atoms with van der Waals surface area (Å²) in [6.07, 6.45) is 5.16. The zero-order valence-corrected chi connectivity index (χ0v) is 10.7. The maximum atomic E-state index is 12.1. The van der Waals surface area contributed by atoms with Crippen molar-refractivity contribution in [1.82, 2.24) is 4.90 Å². The molecule has 3 unspecified atom stereocenters. The molecule has 1 amide bonds. The van der Waals surface area contributed by atoms with E-state index in [0.717, 1.165) is 38.8 Å². The number of rotatable bonds is 4. The maximum absolute atomic E-state index is 12.1. The van der Waals surface area contributed by atoms with E-state index in [2.05, 4.69) is 6.92 Å². The molecule has 0 aromatic carbocycles. The number of ether oxygens (including phenoxy) is 1. The van der Waals surface area contributed by atoms with Crippen LogP contribution in [0.5, 0.6) is 0 Å². The van der Waals surface area contributed by atoms with Gasteiger partial charge in [0.2, 0.25) is 5.91 Å². The molecule has 3 atom stereocenters. The van der Waals surface area contributed by atoms with Crippen LogP contribution in [0.25, 0.3) is 0 Å². The van der Waals surface area contributed by atoms with E-state index in [-0.39, 0.29) is 11.9 Å². The van der Waals surface area contributed by atoms with Gasteiger partial charge in [-0.1, -0.05) is 6.92 Å². The zero-order valence-electron chi connectivity index (χ0n) is 10.7. The molecule has 0 aromatic heterocycles. The summed E-state index contributed by atoms with van der Waals surface area (Å²) in [6.45, 7) is 4.52. The van der Waals surface area contributed by atoms with Crippen molar-refractivity contribution in [3.8, 4) is 0 Å². The van der Waals surface area contributed by atoms with E-state index in [0.29, 0.717) is 25.0 Å². The molecule has 4 heteroatoms. The Morgan fingerprint density at radius 1 is 1.47 bits per heavy atom. The highest BCUT2D eigenvalue weighted by atomic mass is 16.5. The van der Waals surface area contributed by atoms with Gasteiger partial charge in [-0.2, -0.15) is 0 Å². The quantitative estimate of drug-likeness (QED) is 0.801. The average molecular weight is 240 g/mol. The predicted molar refractivity (Wildman–Crippen MR) is 66.5 cm³/mol. The normalized spacial score (nSPS) is 33.3. The van der Waals surface area contributed by atoms with E-state index in [1.165, 1.54) is 0 Å². The van der Waals surface area contributed by atoms with Crippen LogP contribution < -0.4 is 5.73 Å². The summed E-state index contributed by atoms with van der Waals surface area (Å²) in [5.41, 5.74) is 5.75. The van der Waals surface area contributed by atoms with Gasteiger partial charge < -0.3 is 15.4 Å². The van der Waals surface area contributed by atoms with Crippen LogP contribution in [0.2, 0.25) is 0 Å². The summed E-state index contributed by atoms with van der Waals surface area (Å²) < 4.78 is 5.54. The van der Waals surface area contributed by atoms with E-state index in [4.69, 9.17) is 10.5 Å². The Labute approximate surface area is 103 Å². The fraction of sp³-hybridized carbons (Fsp3) is 0.923. The van der Waals surface area contributed by atoms with Crippen LogP contribution in [0.3, 0.4) is 0 Å². The second-order valence-corrected chi connectivity index (χ2v) is 5.33. The van der Waals surface area contributed by atoms with Gasteiger partial charge in [-0.3, -0.25) is 4.79 Å². The minimum absolute atomic E-state index is 0.256. The first kappa shape index (κ1) is 12.8. The molecule has 0 aliphatic carbocycles. The molecule has 98 valence electrons. The molecule has 2 saturated heterocycles. The van der Waals surface area contributed by atoms with Gasteiger partial charge in [0.05, 0.1) is 6.10 Å². The van der Waals surface area contributed by atoms with Crippen molar-refractivity contribution in [3.63, 3.8) is 0 Å². The average Bonchev–Trinajstić information content (AvgIpc) is 2.94. The van der Waals surface area contributed by atoms with Crippen LogP contribution in [0.4, 0.5) is 0 Å². The number of carbonyl (C=O) groups is 1. The first-order valence-corrected chi connectivity index (χ1v) is 6.83. The number of nitrogens with zero attached hydrogens (tertiary/aromatic N) is 1. The van der Waals surface area contributed by atoms with Crippen LogP contribution in [-0.4, -0.2) is 42.6 Å². The van der Waals surface area contributed by atoms with E-state index >= 15 is 0 Å². The third-order valence-electron chi connectivity index (χ3n) is 4.15. The minimum Gasteiger partial charge on any atom is -0.378 e. The number of carbonyl (C=O) groups excluding carboxylic acids is 1. The fourth-order valence-electron chi connectivity index (χ4n) is 2.98. The lowest BCUT2D eigenvalue weighted by Crippen LogP contribution is -2.42. The maximum Gasteiger partial charge on any atom is 0.222 e. The van der Waals surface area contributed by atoms with Crippen molar-refractivity contribution < 1.29 is 9.53 Å². The number of nitrogens with two attached hydrogens (primary N) is 1. The summed E-state index contributed by atoms with van der Waals surface area (Å²) in [5, 5.41) is 0. The van der Waals surface area contributed by atoms with Crippen LogP contribution in [0.1, 0.15) is 39.0 Å². The van der Waals surface area contributed by atoms with Crippen molar-refractivity contribution >= 4 is 5.91 Å². The molecule has 17 heavy (non-hydrogen) atoms. The fourth-order valence-corrected chi connectivity index (χ4v) is 2.98. The molecule has 0 spiro atoms. The Bertz CT molecular complexity index is 264. The third kappa shape index (κ3) is 2.99. The van der Waals surface area contributed by atoms with Gasteiger partial charge in [0.1, 0.15) is 0 Å². The molecule has 0 bridgehead atoms. The molecule has 2 fully saturated rings. The summed E-state index contributed by atoms with van der Waals surface area (Å²) >= 11 is 0. The molecule has 2 aliphatic heterocycles. The number of hydrogen-bond acceptors (Lipinski definition) is 3. The Morgan fingerprint density at radius 2 is 2.29 bits per heavy atom. The van der Waals surface area contributed by atoms with Gasteiger partial charge in [-0.25, -0.2) is 0 Å². The molecule has 0 radical (unpaired) electrons. The number of hydrogen-bond donors (Lipinski definition) is 1. The van der Waals surface area contributed by atoms with Gasteiger partial charge in [0.15, 0.2) is 0 Å². The first-order valence-electron chi connectivity index (χ1n) is 6.83.